The summed E-state index contributed by atoms with van der Waals surface area (Å²) in [5, 5.41) is 0. The van der Waals surface area contributed by atoms with Gasteiger partial charge in [-0.15, -0.1) is 0 Å². The fourth-order valence-electron chi connectivity index (χ4n) is 2.73. The summed E-state index contributed by atoms with van der Waals surface area (Å²) in [5.41, 5.74) is 5.72. The van der Waals surface area contributed by atoms with E-state index in [0.717, 1.165) is 26.2 Å². The Balaban J connectivity index is 2.03. The van der Waals surface area contributed by atoms with E-state index in [-0.39, 0.29) is 0 Å². The molecule has 0 aliphatic heterocycles. The summed E-state index contributed by atoms with van der Waals surface area (Å²) in [6.45, 7) is 6.06. The monoisotopic (exact) mass is 288 g/mol. The predicted octanol–water partition coefficient (Wildman–Crippen LogP) is 1.26. The van der Waals surface area contributed by atoms with Crippen LogP contribution in [0.5, 0.6) is 0 Å². The molecule has 0 radical (unpaired) electrons. The van der Waals surface area contributed by atoms with Crippen molar-refractivity contribution in [1.29, 1.82) is 0 Å². The number of nitrogens with zero attached hydrogens (tertiary/aromatic N) is 1. The highest BCUT2D eigenvalue weighted by Crippen LogP contribution is 2.22. The van der Waals surface area contributed by atoms with Crippen LogP contribution < -0.4 is 5.73 Å². The van der Waals surface area contributed by atoms with Crippen molar-refractivity contribution in [3.63, 3.8) is 0 Å². The summed E-state index contributed by atoms with van der Waals surface area (Å²) in [4.78, 5) is 2.50. The Kier molecular flexibility index (Phi) is 11.2. The smallest absolute Gasteiger partial charge is 0.0701 e. The van der Waals surface area contributed by atoms with Crippen LogP contribution in [0.1, 0.15) is 32.1 Å². The van der Waals surface area contributed by atoms with E-state index in [1.54, 1.807) is 7.11 Å². The lowest BCUT2D eigenvalue weighted by Gasteiger charge is -2.34. The predicted molar refractivity (Wildman–Crippen MR) is 81.0 cm³/mol. The zero-order valence-corrected chi connectivity index (χ0v) is 13.0. The van der Waals surface area contributed by atoms with Crippen molar-refractivity contribution in [2.75, 3.05) is 59.8 Å². The second-order valence-electron chi connectivity index (χ2n) is 5.33. The minimum atomic E-state index is 0.640. The normalized spacial score (nSPS) is 16.9. The molecule has 1 aliphatic rings. The maximum absolute atomic E-state index is 5.72. The molecule has 1 rings (SSSR count). The van der Waals surface area contributed by atoms with Gasteiger partial charge < -0.3 is 19.9 Å². The number of nitrogens with two attached hydrogens (primary N) is 1. The second-order valence-corrected chi connectivity index (χ2v) is 5.33. The fourth-order valence-corrected chi connectivity index (χ4v) is 2.73. The van der Waals surface area contributed by atoms with Crippen molar-refractivity contribution in [2.24, 2.45) is 5.73 Å². The average Bonchev–Trinajstić information content (AvgIpc) is 2.50. The number of methoxy groups -OCH3 is 1. The highest BCUT2D eigenvalue weighted by molar-refractivity contribution is 4.75. The minimum Gasteiger partial charge on any atom is -0.382 e. The molecule has 5 heteroatoms. The van der Waals surface area contributed by atoms with E-state index in [1.807, 2.05) is 0 Å². The summed E-state index contributed by atoms with van der Waals surface area (Å²) >= 11 is 0. The molecule has 0 spiro atoms. The Labute approximate surface area is 123 Å². The molecule has 2 N–H and O–H groups in total. The molecule has 1 fully saturated rings. The Bertz CT molecular complexity index is 211. The van der Waals surface area contributed by atoms with Crippen molar-refractivity contribution in [3.8, 4) is 0 Å². The van der Waals surface area contributed by atoms with Crippen molar-refractivity contribution < 1.29 is 14.2 Å². The van der Waals surface area contributed by atoms with Gasteiger partial charge in [0.15, 0.2) is 0 Å². The van der Waals surface area contributed by atoms with Crippen LogP contribution in [0.25, 0.3) is 0 Å². The van der Waals surface area contributed by atoms with Crippen molar-refractivity contribution in [1.82, 2.24) is 4.90 Å². The van der Waals surface area contributed by atoms with E-state index in [9.17, 15) is 0 Å². The molecule has 5 nitrogen and oxygen atoms in total. The van der Waals surface area contributed by atoms with Crippen LogP contribution in [0.4, 0.5) is 0 Å². The average molecular weight is 288 g/mol. The van der Waals surface area contributed by atoms with Crippen LogP contribution in [0, 0.1) is 0 Å². The standard InChI is InChI=1S/C15H32N2O3/c1-18-11-12-20-14-13-19-10-9-17(8-7-16)15-5-3-2-4-6-15/h15H,2-14,16H2,1H3. The lowest BCUT2D eigenvalue weighted by Crippen LogP contribution is -2.42. The molecular weight excluding hydrogens is 256 g/mol. The van der Waals surface area contributed by atoms with Gasteiger partial charge in [-0.2, -0.15) is 0 Å². The van der Waals surface area contributed by atoms with Crippen LogP contribution in [-0.2, 0) is 14.2 Å². The van der Waals surface area contributed by atoms with E-state index in [2.05, 4.69) is 4.90 Å². The zero-order valence-electron chi connectivity index (χ0n) is 13.0. The molecule has 120 valence electrons. The van der Waals surface area contributed by atoms with Gasteiger partial charge in [-0.25, -0.2) is 0 Å². The highest BCUT2D eigenvalue weighted by Gasteiger charge is 2.19. The first-order chi connectivity index (χ1) is 9.88. The number of hydrogen-bond acceptors (Lipinski definition) is 5. The quantitative estimate of drug-likeness (QED) is 0.548. The van der Waals surface area contributed by atoms with Gasteiger partial charge in [0.1, 0.15) is 0 Å². The van der Waals surface area contributed by atoms with Crippen LogP contribution in [0.15, 0.2) is 0 Å². The molecule has 0 saturated heterocycles. The highest BCUT2D eigenvalue weighted by atomic mass is 16.5. The molecule has 0 aromatic rings. The van der Waals surface area contributed by atoms with Crippen LogP contribution in [0.3, 0.4) is 0 Å². The molecular formula is C15H32N2O3. The van der Waals surface area contributed by atoms with Gasteiger partial charge in [-0.05, 0) is 12.8 Å². The molecule has 20 heavy (non-hydrogen) atoms. The molecule has 0 aromatic carbocycles. The largest absolute Gasteiger partial charge is 0.382 e. The third kappa shape index (κ3) is 8.17. The summed E-state index contributed by atoms with van der Waals surface area (Å²) in [6, 6.07) is 0.717. The number of ether oxygens (including phenoxy) is 3. The van der Waals surface area contributed by atoms with Crippen LogP contribution in [-0.4, -0.2) is 70.7 Å². The third-order valence-electron chi connectivity index (χ3n) is 3.83. The third-order valence-corrected chi connectivity index (χ3v) is 3.83. The number of rotatable bonds is 12. The molecule has 1 aliphatic carbocycles. The Morgan fingerprint density at radius 2 is 1.55 bits per heavy atom. The molecule has 0 aromatic heterocycles. The van der Waals surface area contributed by atoms with Crippen molar-refractivity contribution in [3.05, 3.63) is 0 Å². The number of hydrogen-bond donors (Lipinski definition) is 1. The van der Waals surface area contributed by atoms with Crippen LogP contribution in [0.2, 0.25) is 0 Å². The maximum Gasteiger partial charge on any atom is 0.0701 e. The molecule has 0 amide bonds. The lowest BCUT2D eigenvalue weighted by atomic mass is 9.94. The van der Waals surface area contributed by atoms with Crippen molar-refractivity contribution in [2.45, 2.75) is 38.1 Å². The Morgan fingerprint density at radius 3 is 2.20 bits per heavy atom. The van der Waals surface area contributed by atoms with Gasteiger partial charge in [-0.1, -0.05) is 19.3 Å². The maximum atomic E-state index is 5.72. The van der Waals surface area contributed by atoms with E-state index in [1.165, 1.54) is 32.1 Å². The molecule has 0 bridgehead atoms. The fraction of sp³-hybridized carbons (Fsp3) is 1.00. The van der Waals surface area contributed by atoms with Gasteiger partial charge in [0.2, 0.25) is 0 Å². The van der Waals surface area contributed by atoms with E-state index in [0.29, 0.717) is 32.5 Å². The van der Waals surface area contributed by atoms with Gasteiger partial charge in [-0.3, -0.25) is 4.90 Å². The van der Waals surface area contributed by atoms with Gasteiger partial charge in [0.05, 0.1) is 33.0 Å². The molecule has 0 heterocycles. The molecule has 1 saturated carbocycles. The van der Waals surface area contributed by atoms with Crippen molar-refractivity contribution >= 4 is 0 Å². The first-order valence-electron chi connectivity index (χ1n) is 7.97. The summed E-state index contributed by atoms with van der Waals surface area (Å²) in [6.07, 6.45) is 6.75. The lowest BCUT2D eigenvalue weighted by molar-refractivity contribution is 0.0151. The zero-order chi connectivity index (χ0) is 14.5. The van der Waals surface area contributed by atoms with Crippen LogP contribution >= 0.6 is 0 Å². The van der Waals surface area contributed by atoms with E-state index < -0.39 is 0 Å². The summed E-state index contributed by atoms with van der Waals surface area (Å²) < 4.78 is 15.9. The van der Waals surface area contributed by atoms with E-state index >= 15 is 0 Å². The SMILES string of the molecule is COCCOCCOCCN(CCN)C1CCCCC1. The first-order valence-corrected chi connectivity index (χ1v) is 7.97. The Hall–Kier alpha value is -0.200. The first kappa shape index (κ1) is 17.9. The Morgan fingerprint density at radius 1 is 0.900 bits per heavy atom. The minimum absolute atomic E-state index is 0.640. The van der Waals surface area contributed by atoms with Gasteiger partial charge >= 0.3 is 0 Å². The molecule has 0 atom stereocenters. The topological polar surface area (TPSA) is 57.0 Å². The summed E-state index contributed by atoms with van der Waals surface area (Å²) in [7, 11) is 1.68. The second kappa shape index (κ2) is 12.5. The van der Waals surface area contributed by atoms with E-state index in [4.69, 9.17) is 19.9 Å². The van der Waals surface area contributed by atoms with Gasteiger partial charge in [0, 0.05) is 32.8 Å². The van der Waals surface area contributed by atoms with Gasteiger partial charge in [0.25, 0.3) is 0 Å². The molecule has 0 unspecified atom stereocenters. The summed E-state index contributed by atoms with van der Waals surface area (Å²) in [5.74, 6) is 0.